The van der Waals surface area contributed by atoms with Crippen LogP contribution in [0.2, 0.25) is 0 Å². The summed E-state index contributed by atoms with van der Waals surface area (Å²) >= 11 is 0. The van der Waals surface area contributed by atoms with Gasteiger partial charge in [0.1, 0.15) is 36.6 Å². The van der Waals surface area contributed by atoms with Gasteiger partial charge in [0.2, 0.25) is 0 Å². The maximum atomic E-state index is 11.4. The summed E-state index contributed by atoms with van der Waals surface area (Å²) in [6.07, 6.45) is -14.9. The molecular formula is C16H26O13. The molecule has 13 heteroatoms. The molecule has 6 N–H and O–H groups in total. The second kappa shape index (κ2) is 10.1. The molecule has 10 atom stereocenters. The van der Waals surface area contributed by atoms with Gasteiger partial charge in [0.15, 0.2) is 18.5 Å². The Morgan fingerprint density at radius 1 is 0.793 bits per heavy atom. The fourth-order valence-corrected chi connectivity index (χ4v) is 3.38. The van der Waals surface area contributed by atoms with Crippen molar-refractivity contribution in [3.05, 3.63) is 0 Å². The van der Waals surface area contributed by atoms with E-state index in [1.54, 1.807) is 0 Å². The third kappa shape index (κ3) is 5.02. The van der Waals surface area contributed by atoms with Crippen molar-refractivity contribution in [3.8, 4) is 0 Å². The Bertz CT molecular complexity index is 571. The summed E-state index contributed by atoms with van der Waals surface area (Å²) < 4.78 is 25.4. The molecular weight excluding hydrogens is 400 g/mol. The van der Waals surface area contributed by atoms with Crippen molar-refractivity contribution >= 4 is 11.9 Å². The molecule has 13 nitrogen and oxygen atoms in total. The monoisotopic (exact) mass is 426 g/mol. The van der Waals surface area contributed by atoms with Gasteiger partial charge in [0, 0.05) is 20.8 Å². The topological polar surface area (TPSA) is 202 Å². The van der Waals surface area contributed by atoms with Crippen LogP contribution in [0.1, 0.15) is 6.42 Å². The van der Waals surface area contributed by atoms with Crippen molar-refractivity contribution in [2.45, 2.75) is 67.6 Å². The van der Waals surface area contributed by atoms with Gasteiger partial charge in [-0.05, 0) is 6.42 Å². The number of carboxylic acid groups (broad SMARTS) is 2. The van der Waals surface area contributed by atoms with E-state index >= 15 is 0 Å². The summed E-state index contributed by atoms with van der Waals surface area (Å²) in [6, 6.07) is 0. The summed E-state index contributed by atoms with van der Waals surface area (Å²) in [5, 5.41) is 58.8. The van der Waals surface area contributed by atoms with Gasteiger partial charge < -0.3 is 54.3 Å². The average Bonchev–Trinajstić information content (AvgIpc) is 2.67. The van der Waals surface area contributed by atoms with Gasteiger partial charge in [-0.1, -0.05) is 0 Å². The molecule has 2 aliphatic rings. The van der Waals surface area contributed by atoms with Gasteiger partial charge in [-0.15, -0.1) is 0 Å². The standard InChI is InChI=1S/C16H26O13/c1-25-10-7(18)6(17)5(28-12(10)14(21)22)3-4-27-11-8(19)9(20)16(26-2)29-13(11)15(23)24/h5-13,16-20H,3-4H2,1-2H3,(H,21,22)(H,23,24)/t5-,6-,7?,8?,9+,10-,11-,12?,13?,16+/m0/s1. The summed E-state index contributed by atoms with van der Waals surface area (Å²) in [5.74, 6) is -2.86. The minimum absolute atomic E-state index is 0.155. The first-order chi connectivity index (χ1) is 13.6. The number of aliphatic hydroxyl groups is 4. The predicted molar refractivity (Wildman–Crippen MR) is 88.8 cm³/mol. The Kier molecular flexibility index (Phi) is 8.28. The Morgan fingerprint density at radius 2 is 1.34 bits per heavy atom. The zero-order valence-electron chi connectivity index (χ0n) is 15.7. The smallest absolute Gasteiger partial charge is 0.335 e. The lowest BCUT2D eigenvalue weighted by Gasteiger charge is -2.42. The SMILES string of the molecule is CO[C@@H]1C(C(=O)O)O[C@@H](CCO[C@@H]2C(C(=O)O)O[C@@H](OC)[C@H](O)C2O)[C@H](O)C1O. The zero-order valence-corrected chi connectivity index (χ0v) is 15.7. The zero-order chi connectivity index (χ0) is 21.9. The van der Waals surface area contributed by atoms with Crippen LogP contribution in [-0.2, 0) is 33.3 Å². The molecule has 0 saturated carbocycles. The van der Waals surface area contributed by atoms with Gasteiger partial charge in [0.25, 0.3) is 0 Å². The molecule has 2 fully saturated rings. The van der Waals surface area contributed by atoms with Gasteiger partial charge >= 0.3 is 11.9 Å². The van der Waals surface area contributed by atoms with E-state index in [1.807, 2.05) is 0 Å². The molecule has 0 aromatic heterocycles. The number of hydrogen-bond acceptors (Lipinski definition) is 11. The Hall–Kier alpha value is -1.42. The van der Waals surface area contributed by atoms with E-state index in [1.165, 1.54) is 14.2 Å². The highest BCUT2D eigenvalue weighted by atomic mass is 16.7. The van der Waals surface area contributed by atoms with Crippen LogP contribution in [0.5, 0.6) is 0 Å². The average molecular weight is 426 g/mol. The largest absolute Gasteiger partial charge is 0.479 e. The highest BCUT2D eigenvalue weighted by Crippen LogP contribution is 2.27. The third-order valence-electron chi connectivity index (χ3n) is 4.94. The molecule has 0 aromatic rings. The Morgan fingerprint density at radius 3 is 1.86 bits per heavy atom. The first-order valence-electron chi connectivity index (χ1n) is 8.80. The second-order valence-corrected chi connectivity index (χ2v) is 6.72. The Balaban J connectivity index is 2.01. The number of ether oxygens (including phenoxy) is 5. The van der Waals surface area contributed by atoms with Gasteiger partial charge in [-0.2, -0.15) is 0 Å². The minimum atomic E-state index is -1.65. The van der Waals surface area contributed by atoms with Gasteiger partial charge in [-0.25, -0.2) is 9.59 Å². The number of hydrogen-bond donors (Lipinski definition) is 6. The third-order valence-corrected chi connectivity index (χ3v) is 4.94. The maximum absolute atomic E-state index is 11.4. The summed E-state index contributed by atoms with van der Waals surface area (Å²) in [5.41, 5.74) is 0. The van der Waals surface area contributed by atoms with Crippen LogP contribution in [0.15, 0.2) is 0 Å². The number of aliphatic hydroxyl groups excluding tert-OH is 4. The van der Waals surface area contributed by atoms with Crippen molar-refractivity contribution < 1.29 is 63.9 Å². The van der Waals surface area contributed by atoms with Gasteiger partial charge in [-0.3, -0.25) is 0 Å². The molecule has 0 aromatic carbocycles. The molecule has 2 heterocycles. The molecule has 0 radical (unpaired) electrons. The van der Waals surface area contributed by atoms with Crippen LogP contribution in [0.4, 0.5) is 0 Å². The van der Waals surface area contributed by atoms with Crippen LogP contribution < -0.4 is 0 Å². The second-order valence-electron chi connectivity index (χ2n) is 6.72. The Labute approximate surface area is 165 Å². The fraction of sp³-hybridized carbons (Fsp3) is 0.875. The first-order valence-corrected chi connectivity index (χ1v) is 8.80. The molecule has 0 bridgehead atoms. The summed E-state index contributed by atoms with van der Waals surface area (Å²) in [4.78, 5) is 22.7. The number of rotatable bonds is 8. The van der Waals surface area contributed by atoms with Crippen molar-refractivity contribution in [3.63, 3.8) is 0 Å². The highest BCUT2D eigenvalue weighted by molar-refractivity contribution is 5.74. The minimum Gasteiger partial charge on any atom is -0.479 e. The van der Waals surface area contributed by atoms with E-state index in [9.17, 15) is 40.2 Å². The molecule has 2 aliphatic heterocycles. The predicted octanol–water partition coefficient (Wildman–Crippen LogP) is -3.47. The van der Waals surface area contributed by atoms with Crippen LogP contribution >= 0.6 is 0 Å². The molecule has 168 valence electrons. The van der Waals surface area contributed by atoms with E-state index in [0.29, 0.717) is 0 Å². The summed E-state index contributed by atoms with van der Waals surface area (Å²) in [7, 11) is 2.33. The lowest BCUT2D eigenvalue weighted by Crippen LogP contribution is -2.62. The van der Waals surface area contributed by atoms with Crippen molar-refractivity contribution in [1.29, 1.82) is 0 Å². The van der Waals surface area contributed by atoms with Crippen molar-refractivity contribution in [2.24, 2.45) is 0 Å². The van der Waals surface area contributed by atoms with Crippen LogP contribution in [0.25, 0.3) is 0 Å². The van der Waals surface area contributed by atoms with E-state index in [4.69, 9.17) is 23.7 Å². The van der Waals surface area contributed by atoms with Crippen LogP contribution in [0.3, 0.4) is 0 Å². The number of methoxy groups -OCH3 is 2. The van der Waals surface area contributed by atoms with Crippen LogP contribution in [-0.4, -0.2) is 125 Å². The molecule has 0 aliphatic carbocycles. The molecule has 2 rings (SSSR count). The van der Waals surface area contributed by atoms with Gasteiger partial charge in [0.05, 0.1) is 6.10 Å². The molecule has 0 spiro atoms. The molecule has 29 heavy (non-hydrogen) atoms. The van der Waals surface area contributed by atoms with E-state index in [-0.39, 0.29) is 13.0 Å². The van der Waals surface area contributed by atoms with E-state index in [2.05, 4.69) is 0 Å². The normalized spacial score (nSPS) is 43.1. The molecule has 2 saturated heterocycles. The first kappa shape index (κ1) is 23.9. The molecule has 0 amide bonds. The molecule has 4 unspecified atom stereocenters. The van der Waals surface area contributed by atoms with E-state index < -0.39 is 73.2 Å². The maximum Gasteiger partial charge on any atom is 0.335 e. The van der Waals surface area contributed by atoms with Crippen molar-refractivity contribution in [1.82, 2.24) is 0 Å². The van der Waals surface area contributed by atoms with Crippen LogP contribution in [0, 0.1) is 0 Å². The lowest BCUT2D eigenvalue weighted by molar-refractivity contribution is -0.295. The number of aliphatic carboxylic acids is 2. The van der Waals surface area contributed by atoms with E-state index in [0.717, 1.165) is 0 Å². The highest BCUT2D eigenvalue weighted by Gasteiger charge is 2.50. The van der Waals surface area contributed by atoms with Crippen molar-refractivity contribution in [2.75, 3.05) is 20.8 Å². The quantitative estimate of drug-likeness (QED) is 0.224. The number of carbonyl (C=O) groups is 2. The lowest BCUT2D eigenvalue weighted by atomic mass is 9.93. The summed E-state index contributed by atoms with van der Waals surface area (Å²) in [6.45, 7) is -0.308. The fourth-order valence-electron chi connectivity index (χ4n) is 3.38. The number of carboxylic acids is 2.